The van der Waals surface area contributed by atoms with Crippen LogP contribution in [0.1, 0.15) is 36.1 Å². The van der Waals surface area contributed by atoms with Crippen LogP contribution in [-0.4, -0.2) is 0 Å². The summed E-state index contributed by atoms with van der Waals surface area (Å²) < 4.78 is 0. The molecule has 0 bridgehead atoms. The smallest absolute Gasteiger partial charge is 0.00915 e. The standard InChI is InChI=1S/C19H22/c1-4-17-9-11-18(12-10-17)8-7-16(3)19-13-5-15(2)6-14-19/h5-7,9-14H,4,8H2,1-3H3/b16-7+. The van der Waals surface area contributed by atoms with Gasteiger partial charge < -0.3 is 0 Å². The Morgan fingerprint density at radius 3 is 2.05 bits per heavy atom. The summed E-state index contributed by atoms with van der Waals surface area (Å²) in [4.78, 5) is 0. The first kappa shape index (κ1) is 13.6. The molecule has 0 heterocycles. The van der Waals surface area contributed by atoms with Crippen LogP contribution >= 0.6 is 0 Å². The average molecular weight is 250 g/mol. The van der Waals surface area contributed by atoms with E-state index < -0.39 is 0 Å². The van der Waals surface area contributed by atoms with Gasteiger partial charge in [0.25, 0.3) is 0 Å². The largest absolute Gasteiger partial charge is 0.0766 e. The van der Waals surface area contributed by atoms with Gasteiger partial charge in [-0.1, -0.05) is 67.1 Å². The number of hydrogen-bond acceptors (Lipinski definition) is 0. The average Bonchev–Trinajstić information content (AvgIpc) is 2.46. The Morgan fingerprint density at radius 1 is 0.895 bits per heavy atom. The molecular weight excluding hydrogens is 228 g/mol. The maximum atomic E-state index is 2.31. The molecule has 0 aromatic heterocycles. The summed E-state index contributed by atoms with van der Waals surface area (Å²) in [7, 11) is 0. The van der Waals surface area contributed by atoms with Gasteiger partial charge in [0.05, 0.1) is 0 Å². The van der Waals surface area contributed by atoms with Crippen molar-refractivity contribution in [1.82, 2.24) is 0 Å². The van der Waals surface area contributed by atoms with Gasteiger partial charge in [0.2, 0.25) is 0 Å². The molecule has 0 N–H and O–H groups in total. The van der Waals surface area contributed by atoms with Crippen LogP contribution in [0.4, 0.5) is 0 Å². The summed E-state index contributed by atoms with van der Waals surface area (Å²) in [5.41, 5.74) is 6.76. The molecule has 0 aliphatic heterocycles. The van der Waals surface area contributed by atoms with E-state index in [-0.39, 0.29) is 0 Å². The molecule has 0 aliphatic carbocycles. The fourth-order valence-electron chi connectivity index (χ4n) is 2.12. The maximum Gasteiger partial charge on any atom is -0.00915 e. The van der Waals surface area contributed by atoms with Gasteiger partial charge in [-0.15, -0.1) is 0 Å². The number of hydrogen-bond donors (Lipinski definition) is 0. The topological polar surface area (TPSA) is 0 Å². The van der Waals surface area contributed by atoms with E-state index >= 15 is 0 Å². The third-order valence-corrected chi connectivity index (χ3v) is 3.58. The molecule has 0 fully saturated rings. The highest BCUT2D eigenvalue weighted by Gasteiger charge is 1.96. The molecule has 98 valence electrons. The monoisotopic (exact) mass is 250 g/mol. The van der Waals surface area contributed by atoms with E-state index in [1.54, 1.807) is 0 Å². The minimum Gasteiger partial charge on any atom is -0.0766 e. The highest BCUT2D eigenvalue weighted by atomic mass is 14.0. The minimum atomic E-state index is 1.00. The van der Waals surface area contributed by atoms with Crippen molar-refractivity contribution < 1.29 is 0 Å². The van der Waals surface area contributed by atoms with Crippen molar-refractivity contribution >= 4 is 5.57 Å². The Labute approximate surface area is 116 Å². The fraction of sp³-hybridized carbons (Fsp3) is 0.263. The fourth-order valence-corrected chi connectivity index (χ4v) is 2.12. The van der Waals surface area contributed by atoms with Crippen molar-refractivity contribution in [2.24, 2.45) is 0 Å². The number of rotatable bonds is 4. The number of aryl methyl sites for hydroxylation is 2. The van der Waals surface area contributed by atoms with Gasteiger partial charge in [0.15, 0.2) is 0 Å². The summed E-state index contributed by atoms with van der Waals surface area (Å²) in [5, 5.41) is 0. The second kappa shape index (κ2) is 6.38. The Hall–Kier alpha value is -1.82. The van der Waals surface area contributed by atoms with E-state index in [9.17, 15) is 0 Å². The highest BCUT2D eigenvalue weighted by Crippen LogP contribution is 2.16. The summed E-state index contributed by atoms with van der Waals surface area (Å²) in [5.74, 6) is 0. The zero-order valence-corrected chi connectivity index (χ0v) is 12.1. The Morgan fingerprint density at radius 2 is 1.47 bits per heavy atom. The van der Waals surface area contributed by atoms with Crippen LogP contribution in [-0.2, 0) is 12.8 Å². The van der Waals surface area contributed by atoms with E-state index in [0.29, 0.717) is 0 Å². The molecule has 0 spiro atoms. The lowest BCUT2D eigenvalue weighted by Crippen LogP contribution is -1.86. The van der Waals surface area contributed by atoms with Crippen molar-refractivity contribution in [2.75, 3.05) is 0 Å². The molecule has 19 heavy (non-hydrogen) atoms. The van der Waals surface area contributed by atoms with Gasteiger partial charge in [0.1, 0.15) is 0 Å². The van der Waals surface area contributed by atoms with E-state index in [1.807, 2.05) is 0 Å². The third kappa shape index (κ3) is 3.82. The summed E-state index contributed by atoms with van der Waals surface area (Å²) in [6.07, 6.45) is 4.42. The number of benzene rings is 2. The summed E-state index contributed by atoms with van der Waals surface area (Å²) in [6, 6.07) is 17.7. The molecule has 0 radical (unpaired) electrons. The van der Waals surface area contributed by atoms with Crippen molar-refractivity contribution in [3.8, 4) is 0 Å². The summed E-state index contributed by atoms with van der Waals surface area (Å²) in [6.45, 7) is 6.50. The van der Waals surface area contributed by atoms with Crippen LogP contribution in [0, 0.1) is 6.92 Å². The SMILES string of the molecule is CCc1ccc(C/C=C(\C)c2ccc(C)cc2)cc1. The minimum absolute atomic E-state index is 1.00. The molecule has 0 nitrogen and oxygen atoms in total. The molecule has 0 atom stereocenters. The second-order valence-corrected chi connectivity index (χ2v) is 5.13. The molecule has 0 saturated heterocycles. The first-order chi connectivity index (χ1) is 9.19. The Kier molecular flexibility index (Phi) is 4.57. The predicted molar refractivity (Wildman–Crippen MR) is 84.4 cm³/mol. The molecule has 2 aromatic carbocycles. The lowest BCUT2D eigenvalue weighted by molar-refractivity contribution is 1.13. The zero-order valence-electron chi connectivity index (χ0n) is 12.1. The van der Waals surface area contributed by atoms with Gasteiger partial charge in [-0.3, -0.25) is 0 Å². The molecule has 2 aromatic rings. The second-order valence-electron chi connectivity index (χ2n) is 5.13. The van der Waals surface area contributed by atoms with Gasteiger partial charge in [-0.25, -0.2) is 0 Å². The van der Waals surface area contributed by atoms with Crippen LogP contribution in [0.5, 0.6) is 0 Å². The van der Waals surface area contributed by atoms with Crippen molar-refractivity contribution in [3.63, 3.8) is 0 Å². The van der Waals surface area contributed by atoms with E-state index in [2.05, 4.69) is 75.4 Å². The zero-order chi connectivity index (χ0) is 13.7. The van der Waals surface area contributed by atoms with E-state index in [0.717, 1.165) is 12.8 Å². The van der Waals surface area contributed by atoms with Crippen molar-refractivity contribution in [2.45, 2.75) is 33.6 Å². The number of allylic oxidation sites excluding steroid dienone is 2. The van der Waals surface area contributed by atoms with Crippen molar-refractivity contribution in [1.29, 1.82) is 0 Å². The van der Waals surface area contributed by atoms with Crippen LogP contribution in [0.25, 0.3) is 5.57 Å². The summed E-state index contributed by atoms with van der Waals surface area (Å²) >= 11 is 0. The van der Waals surface area contributed by atoms with Gasteiger partial charge in [-0.05, 0) is 49.0 Å². The van der Waals surface area contributed by atoms with Crippen molar-refractivity contribution in [3.05, 3.63) is 76.9 Å². The van der Waals surface area contributed by atoms with E-state index in [1.165, 1.54) is 27.8 Å². The molecule has 0 unspecified atom stereocenters. The van der Waals surface area contributed by atoms with Gasteiger partial charge >= 0.3 is 0 Å². The maximum absolute atomic E-state index is 2.31. The lowest BCUT2D eigenvalue weighted by Gasteiger charge is -2.04. The lowest BCUT2D eigenvalue weighted by atomic mass is 10.0. The van der Waals surface area contributed by atoms with Crippen LogP contribution in [0.2, 0.25) is 0 Å². The van der Waals surface area contributed by atoms with Crippen LogP contribution in [0.15, 0.2) is 54.6 Å². The molecule has 0 saturated carbocycles. The quantitative estimate of drug-likeness (QED) is 0.699. The molecule has 0 heteroatoms. The van der Waals surface area contributed by atoms with Gasteiger partial charge in [-0.2, -0.15) is 0 Å². The first-order valence-electron chi connectivity index (χ1n) is 7.00. The van der Waals surface area contributed by atoms with E-state index in [4.69, 9.17) is 0 Å². The molecular formula is C19H22. The third-order valence-electron chi connectivity index (χ3n) is 3.58. The van der Waals surface area contributed by atoms with Crippen LogP contribution < -0.4 is 0 Å². The molecule has 0 aliphatic rings. The first-order valence-corrected chi connectivity index (χ1v) is 7.00. The van der Waals surface area contributed by atoms with Crippen LogP contribution in [0.3, 0.4) is 0 Å². The highest BCUT2D eigenvalue weighted by molar-refractivity contribution is 5.64. The predicted octanol–water partition coefficient (Wildman–Crippen LogP) is 5.20. The molecule has 2 rings (SSSR count). The van der Waals surface area contributed by atoms with Gasteiger partial charge in [0, 0.05) is 0 Å². The Bertz CT molecular complexity index is 542. The molecule has 0 amide bonds. The normalized spacial score (nSPS) is 11.6. The Balaban J connectivity index is 2.06.